The van der Waals surface area contributed by atoms with Crippen molar-refractivity contribution in [3.8, 4) is 16.2 Å². The molecule has 0 saturated heterocycles. The normalized spacial score (nSPS) is 11.0. The zero-order chi connectivity index (χ0) is 20.4. The average Bonchev–Trinajstić information content (AvgIpc) is 3.17. The summed E-state index contributed by atoms with van der Waals surface area (Å²) in [5, 5.41) is 0. The van der Waals surface area contributed by atoms with E-state index in [1.165, 1.54) is 23.5 Å². The second-order valence-electron chi connectivity index (χ2n) is 6.56. The molecule has 5 nitrogen and oxygen atoms in total. The van der Waals surface area contributed by atoms with Crippen molar-refractivity contribution < 1.29 is 9.13 Å². The fourth-order valence-electron chi connectivity index (χ4n) is 3.20. The van der Waals surface area contributed by atoms with Crippen molar-refractivity contribution in [2.75, 3.05) is 18.6 Å². The Labute approximate surface area is 171 Å². The summed E-state index contributed by atoms with van der Waals surface area (Å²) < 4.78 is 19.4. The molecule has 0 aliphatic rings. The van der Waals surface area contributed by atoms with Crippen molar-refractivity contribution in [1.82, 2.24) is 9.97 Å². The minimum absolute atomic E-state index is 0.162. The number of ether oxygens (including phenoxy) is 1. The Hall–Kier alpha value is -3.19. The SMILES string of the molecule is CCN(Cc1nc2cc(-c3ccc(OC)cc3)sc2c(=O)[nH]1)c1cccc(F)c1. The lowest BCUT2D eigenvalue weighted by atomic mass is 10.2. The predicted molar refractivity (Wildman–Crippen MR) is 115 cm³/mol. The highest BCUT2D eigenvalue weighted by Crippen LogP contribution is 2.32. The van der Waals surface area contributed by atoms with Crippen LogP contribution < -0.4 is 15.2 Å². The number of H-pyrrole nitrogens is 1. The fourth-order valence-corrected chi connectivity index (χ4v) is 4.20. The molecule has 7 heteroatoms. The molecule has 0 unspecified atom stereocenters. The molecule has 4 rings (SSSR count). The first-order chi connectivity index (χ1) is 14.1. The highest BCUT2D eigenvalue weighted by molar-refractivity contribution is 7.22. The third kappa shape index (κ3) is 4.00. The number of thiophene rings is 1. The van der Waals surface area contributed by atoms with Crippen LogP contribution in [0.5, 0.6) is 5.75 Å². The molecule has 2 aromatic carbocycles. The quantitative estimate of drug-likeness (QED) is 0.496. The van der Waals surface area contributed by atoms with E-state index in [4.69, 9.17) is 4.74 Å². The Morgan fingerprint density at radius 1 is 1.17 bits per heavy atom. The lowest BCUT2D eigenvalue weighted by Crippen LogP contribution is -2.25. The number of fused-ring (bicyclic) bond motifs is 1. The van der Waals surface area contributed by atoms with Crippen molar-refractivity contribution in [1.29, 1.82) is 0 Å². The molecule has 0 fully saturated rings. The van der Waals surface area contributed by atoms with Crippen molar-refractivity contribution in [2.45, 2.75) is 13.5 Å². The zero-order valence-electron chi connectivity index (χ0n) is 16.1. The number of nitrogens with one attached hydrogen (secondary N) is 1. The number of rotatable bonds is 6. The monoisotopic (exact) mass is 409 g/mol. The van der Waals surface area contributed by atoms with Crippen molar-refractivity contribution >= 4 is 27.2 Å². The van der Waals surface area contributed by atoms with Gasteiger partial charge in [-0.3, -0.25) is 4.79 Å². The molecule has 0 spiro atoms. The summed E-state index contributed by atoms with van der Waals surface area (Å²) in [6.07, 6.45) is 0. The van der Waals surface area contributed by atoms with Crippen LogP contribution in [0.2, 0.25) is 0 Å². The lowest BCUT2D eigenvalue weighted by Gasteiger charge is -2.22. The van der Waals surface area contributed by atoms with E-state index in [-0.39, 0.29) is 11.4 Å². The summed E-state index contributed by atoms with van der Waals surface area (Å²) in [5.74, 6) is 1.04. The molecule has 29 heavy (non-hydrogen) atoms. The Kier molecular flexibility index (Phi) is 5.31. The molecule has 0 aliphatic carbocycles. The van der Waals surface area contributed by atoms with Crippen LogP contribution in [0.1, 0.15) is 12.7 Å². The van der Waals surface area contributed by atoms with Gasteiger partial charge >= 0.3 is 0 Å². The molecule has 0 atom stereocenters. The third-order valence-corrected chi connectivity index (χ3v) is 5.87. The van der Waals surface area contributed by atoms with Gasteiger partial charge in [0.15, 0.2) is 0 Å². The van der Waals surface area contributed by atoms with Gasteiger partial charge in [0.25, 0.3) is 5.56 Å². The summed E-state index contributed by atoms with van der Waals surface area (Å²) in [6.45, 7) is 3.03. The van der Waals surface area contributed by atoms with Crippen LogP contribution in [-0.2, 0) is 6.54 Å². The molecule has 0 amide bonds. The molecule has 0 aliphatic heterocycles. The summed E-state index contributed by atoms with van der Waals surface area (Å²) >= 11 is 1.41. The van der Waals surface area contributed by atoms with E-state index in [0.717, 1.165) is 21.9 Å². The topological polar surface area (TPSA) is 58.2 Å². The summed E-state index contributed by atoms with van der Waals surface area (Å²) in [4.78, 5) is 23.1. The highest BCUT2D eigenvalue weighted by Gasteiger charge is 2.13. The Bertz CT molecular complexity index is 1200. The first-order valence-corrected chi connectivity index (χ1v) is 10.1. The molecule has 0 saturated carbocycles. The molecule has 1 N–H and O–H groups in total. The fraction of sp³-hybridized carbons (Fsp3) is 0.182. The lowest BCUT2D eigenvalue weighted by molar-refractivity contribution is 0.415. The van der Waals surface area contributed by atoms with E-state index in [9.17, 15) is 9.18 Å². The number of hydrogen-bond donors (Lipinski definition) is 1. The van der Waals surface area contributed by atoms with Crippen molar-refractivity contribution in [3.05, 3.63) is 76.6 Å². The van der Waals surface area contributed by atoms with Crippen molar-refractivity contribution in [3.63, 3.8) is 0 Å². The molecule has 0 radical (unpaired) electrons. The largest absolute Gasteiger partial charge is 0.497 e. The van der Waals surface area contributed by atoms with Crippen LogP contribution in [0.3, 0.4) is 0 Å². The van der Waals surface area contributed by atoms with Gasteiger partial charge in [-0.2, -0.15) is 0 Å². The highest BCUT2D eigenvalue weighted by atomic mass is 32.1. The second kappa shape index (κ2) is 8.05. The molecule has 4 aromatic rings. The van der Waals surface area contributed by atoms with Gasteiger partial charge in [0.1, 0.15) is 22.1 Å². The van der Waals surface area contributed by atoms with Gasteiger partial charge in [-0.05, 0) is 61.0 Å². The van der Waals surface area contributed by atoms with Gasteiger partial charge in [0.2, 0.25) is 0 Å². The second-order valence-corrected chi connectivity index (χ2v) is 7.61. The molecule has 2 aromatic heterocycles. The molecule has 148 valence electrons. The van der Waals surface area contributed by atoms with Crippen LogP contribution in [0.25, 0.3) is 20.7 Å². The van der Waals surface area contributed by atoms with Gasteiger partial charge in [0, 0.05) is 17.1 Å². The average molecular weight is 409 g/mol. The molecule has 0 bridgehead atoms. The molecular weight excluding hydrogens is 389 g/mol. The summed E-state index contributed by atoms with van der Waals surface area (Å²) in [6, 6.07) is 16.0. The minimum Gasteiger partial charge on any atom is -0.497 e. The smallest absolute Gasteiger partial charge is 0.268 e. The Morgan fingerprint density at radius 2 is 1.97 bits per heavy atom. The number of anilines is 1. The van der Waals surface area contributed by atoms with Gasteiger partial charge in [-0.15, -0.1) is 11.3 Å². The van der Waals surface area contributed by atoms with E-state index in [1.807, 2.05) is 48.2 Å². The van der Waals surface area contributed by atoms with Gasteiger partial charge < -0.3 is 14.6 Å². The minimum atomic E-state index is -0.292. The standard InChI is InChI=1S/C22H20FN3O2S/c1-3-26(16-6-4-5-15(23)11-16)13-20-24-18-12-19(29-21(18)22(27)25-20)14-7-9-17(28-2)10-8-14/h4-12H,3,13H2,1-2H3,(H,24,25,27). The zero-order valence-corrected chi connectivity index (χ0v) is 16.9. The van der Waals surface area contributed by atoms with Crippen LogP contribution in [0, 0.1) is 5.82 Å². The van der Waals surface area contributed by atoms with E-state index in [1.54, 1.807) is 13.2 Å². The maximum absolute atomic E-state index is 13.6. The predicted octanol–water partition coefficient (Wildman–Crippen LogP) is 4.83. The van der Waals surface area contributed by atoms with Gasteiger partial charge in [-0.25, -0.2) is 9.37 Å². The number of aromatic amines is 1. The Morgan fingerprint density at radius 3 is 2.66 bits per heavy atom. The van der Waals surface area contributed by atoms with E-state index in [0.29, 0.717) is 29.1 Å². The maximum Gasteiger partial charge on any atom is 0.268 e. The first kappa shape index (κ1) is 19.1. The summed E-state index contributed by atoms with van der Waals surface area (Å²) in [7, 11) is 1.63. The number of hydrogen-bond acceptors (Lipinski definition) is 5. The van der Waals surface area contributed by atoms with Gasteiger partial charge in [-0.1, -0.05) is 6.07 Å². The van der Waals surface area contributed by atoms with Crippen LogP contribution in [0.4, 0.5) is 10.1 Å². The summed E-state index contributed by atoms with van der Waals surface area (Å²) in [5.41, 5.74) is 2.25. The van der Waals surface area contributed by atoms with E-state index in [2.05, 4.69) is 9.97 Å². The number of aromatic nitrogens is 2. The van der Waals surface area contributed by atoms with E-state index >= 15 is 0 Å². The Balaban J connectivity index is 1.66. The number of benzene rings is 2. The molecule has 2 heterocycles. The van der Waals surface area contributed by atoms with Crippen molar-refractivity contribution in [2.24, 2.45) is 0 Å². The van der Waals surface area contributed by atoms with Crippen LogP contribution >= 0.6 is 11.3 Å². The third-order valence-electron chi connectivity index (χ3n) is 4.70. The molecular formula is C22H20FN3O2S. The number of nitrogens with zero attached hydrogens (tertiary/aromatic N) is 2. The van der Waals surface area contributed by atoms with Crippen LogP contribution in [0.15, 0.2) is 59.4 Å². The first-order valence-electron chi connectivity index (χ1n) is 9.25. The van der Waals surface area contributed by atoms with Crippen LogP contribution in [-0.4, -0.2) is 23.6 Å². The maximum atomic E-state index is 13.6. The number of halogens is 1. The van der Waals surface area contributed by atoms with E-state index < -0.39 is 0 Å². The number of methoxy groups -OCH3 is 1. The van der Waals surface area contributed by atoms with Gasteiger partial charge in [0.05, 0.1) is 19.2 Å².